The zero-order valence-electron chi connectivity index (χ0n) is 13.3. The molecule has 0 spiro atoms. The van der Waals surface area contributed by atoms with Crippen LogP contribution in [0.1, 0.15) is 59.3 Å². The standard InChI is InChI=1S/C17H28ClNO/c1-15(2,11-18)19(4)14(20)17-8-12-5-13(9-17)7-16(3,6-12)10-17/h12-13H,5-11H2,1-4H3. The van der Waals surface area contributed by atoms with Gasteiger partial charge in [-0.05, 0) is 69.6 Å². The molecule has 0 N–H and O–H groups in total. The minimum Gasteiger partial charge on any atom is -0.339 e. The number of hydrogen-bond acceptors (Lipinski definition) is 1. The topological polar surface area (TPSA) is 20.3 Å². The van der Waals surface area contributed by atoms with Crippen molar-refractivity contribution in [2.75, 3.05) is 12.9 Å². The first-order valence-electron chi connectivity index (χ1n) is 8.04. The molecule has 1 amide bonds. The van der Waals surface area contributed by atoms with Crippen molar-refractivity contribution in [3.63, 3.8) is 0 Å². The summed E-state index contributed by atoms with van der Waals surface area (Å²) in [6.07, 6.45) is 7.42. The molecule has 0 aromatic heterocycles. The van der Waals surface area contributed by atoms with Crippen LogP contribution in [0.2, 0.25) is 0 Å². The van der Waals surface area contributed by atoms with Crippen molar-refractivity contribution in [3.8, 4) is 0 Å². The quantitative estimate of drug-likeness (QED) is 0.719. The van der Waals surface area contributed by atoms with Crippen LogP contribution in [-0.2, 0) is 4.79 Å². The molecule has 4 aliphatic rings. The van der Waals surface area contributed by atoms with Gasteiger partial charge in [0.2, 0.25) is 5.91 Å². The molecule has 4 rings (SSSR count). The van der Waals surface area contributed by atoms with Crippen LogP contribution in [-0.4, -0.2) is 29.3 Å². The molecule has 0 aliphatic heterocycles. The first kappa shape index (κ1) is 14.7. The van der Waals surface area contributed by atoms with Crippen molar-refractivity contribution in [3.05, 3.63) is 0 Å². The highest BCUT2D eigenvalue weighted by atomic mass is 35.5. The fourth-order valence-electron chi connectivity index (χ4n) is 5.69. The van der Waals surface area contributed by atoms with Gasteiger partial charge in [-0.25, -0.2) is 0 Å². The molecule has 4 aliphatic carbocycles. The van der Waals surface area contributed by atoms with Crippen LogP contribution in [0.25, 0.3) is 0 Å². The van der Waals surface area contributed by atoms with E-state index in [4.69, 9.17) is 11.6 Å². The van der Waals surface area contributed by atoms with Crippen molar-refractivity contribution in [2.45, 2.75) is 64.8 Å². The number of carbonyl (C=O) groups is 1. The summed E-state index contributed by atoms with van der Waals surface area (Å²) in [5.74, 6) is 2.44. The second-order valence-electron chi connectivity index (χ2n) is 8.86. The van der Waals surface area contributed by atoms with Gasteiger partial charge in [0.15, 0.2) is 0 Å². The van der Waals surface area contributed by atoms with Crippen LogP contribution >= 0.6 is 11.6 Å². The average molecular weight is 298 g/mol. The van der Waals surface area contributed by atoms with E-state index in [0.717, 1.165) is 31.1 Å². The van der Waals surface area contributed by atoms with Gasteiger partial charge < -0.3 is 4.90 Å². The number of nitrogens with zero attached hydrogens (tertiary/aromatic N) is 1. The van der Waals surface area contributed by atoms with Gasteiger partial charge >= 0.3 is 0 Å². The molecule has 20 heavy (non-hydrogen) atoms. The highest BCUT2D eigenvalue weighted by Crippen LogP contribution is 2.65. The molecule has 4 bridgehead atoms. The Morgan fingerprint density at radius 2 is 1.80 bits per heavy atom. The Hall–Kier alpha value is -0.240. The second kappa shape index (κ2) is 4.38. The van der Waals surface area contributed by atoms with Crippen LogP contribution in [0.4, 0.5) is 0 Å². The van der Waals surface area contributed by atoms with Gasteiger partial charge in [-0.15, -0.1) is 11.6 Å². The summed E-state index contributed by atoms with van der Waals surface area (Å²) in [5.41, 5.74) is 0.103. The molecule has 3 heteroatoms. The molecule has 2 atom stereocenters. The summed E-state index contributed by atoms with van der Waals surface area (Å²) in [4.78, 5) is 15.2. The Bertz CT molecular complexity index is 417. The van der Waals surface area contributed by atoms with E-state index >= 15 is 0 Å². The molecular weight excluding hydrogens is 270 g/mol. The third kappa shape index (κ3) is 2.10. The minimum absolute atomic E-state index is 0.0725. The van der Waals surface area contributed by atoms with E-state index in [0.29, 0.717) is 17.2 Å². The molecule has 2 unspecified atom stereocenters. The zero-order chi connectivity index (χ0) is 14.8. The summed E-state index contributed by atoms with van der Waals surface area (Å²) < 4.78 is 0. The molecule has 4 fully saturated rings. The van der Waals surface area contributed by atoms with E-state index in [1.165, 1.54) is 19.3 Å². The third-order valence-electron chi connectivity index (χ3n) is 6.35. The van der Waals surface area contributed by atoms with Gasteiger partial charge in [0, 0.05) is 12.9 Å². The molecule has 0 heterocycles. The predicted molar refractivity (Wildman–Crippen MR) is 82.8 cm³/mol. The Balaban J connectivity index is 1.88. The number of hydrogen-bond donors (Lipinski definition) is 0. The molecular formula is C17H28ClNO. The van der Waals surface area contributed by atoms with Crippen LogP contribution in [0.15, 0.2) is 0 Å². The number of amides is 1. The summed E-state index contributed by atoms with van der Waals surface area (Å²) >= 11 is 6.07. The van der Waals surface area contributed by atoms with Crippen molar-refractivity contribution >= 4 is 17.5 Å². The van der Waals surface area contributed by atoms with Gasteiger partial charge in [-0.2, -0.15) is 0 Å². The Morgan fingerprint density at radius 1 is 1.25 bits per heavy atom. The van der Waals surface area contributed by atoms with E-state index in [1.54, 1.807) is 0 Å². The van der Waals surface area contributed by atoms with E-state index in [1.807, 2.05) is 11.9 Å². The number of carbonyl (C=O) groups excluding carboxylic acids is 1. The van der Waals surface area contributed by atoms with E-state index in [2.05, 4.69) is 20.8 Å². The summed E-state index contributed by atoms with van der Waals surface area (Å²) in [6, 6.07) is 0. The summed E-state index contributed by atoms with van der Waals surface area (Å²) in [5, 5.41) is 0. The minimum atomic E-state index is -0.247. The monoisotopic (exact) mass is 297 g/mol. The van der Waals surface area contributed by atoms with Gasteiger partial charge in [0.05, 0.1) is 11.0 Å². The lowest BCUT2D eigenvalue weighted by atomic mass is 9.44. The highest BCUT2D eigenvalue weighted by Gasteiger charge is 2.59. The lowest BCUT2D eigenvalue weighted by molar-refractivity contribution is -0.168. The van der Waals surface area contributed by atoms with Gasteiger partial charge in [0.25, 0.3) is 0 Å². The lowest BCUT2D eigenvalue weighted by Gasteiger charge is -2.61. The van der Waals surface area contributed by atoms with Gasteiger partial charge in [-0.3, -0.25) is 4.79 Å². The molecule has 0 aromatic rings. The SMILES string of the molecule is CN(C(=O)C12CC3CC(CC(C)(C3)C1)C2)C(C)(C)CCl. The summed E-state index contributed by atoms with van der Waals surface area (Å²) in [7, 11) is 1.95. The average Bonchev–Trinajstić information content (AvgIpc) is 2.34. The maximum Gasteiger partial charge on any atom is 0.229 e. The van der Waals surface area contributed by atoms with Crippen LogP contribution < -0.4 is 0 Å². The number of alkyl halides is 1. The molecule has 0 radical (unpaired) electrons. The maximum atomic E-state index is 13.2. The fourth-order valence-corrected chi connectivity index (χ4v) is 5.87. The maximum absolute atomic E-state index is 13.2. The molecule has 2 nitrogen and oxygen atoms in total. The van der Waals surface area contributed by atoms with Gasteiger partial charge in [-0.1, -0.05) is 6.92 Å². The second-order valence-corrected chi connectivity index (χ2v) is 9.13. The summed E-state index contributed by atoms with van der Waals surface area (Å²) in [6.45, 7) is 6.56. The first-order chi connectivity index (χ1) is 9.20. The first-order valence-corrected chi connectivity index (χ1v) is 8.57. The largest absolute Gasteiger partial charge is 0.339 e. The van der Waals surface area contributed by atoms with E-state index in [-0.39, 0.29) is 11.0 Å². The van der Waals surface area contributed by atoms with E-state index < -0.39 is 0 Å². The molecule has 114 valence electrons. The Labute approximate surface area is 128 Å². The van der Waals surface area contributed by atoms with Crippen LogP contribution in [0.5, 0.6) is 0 Å². The zero-order valence-corrected chi connectivity index (χ0v) is 14.1. The van der Waals surface area contributed by atoms with Crippen molar-refractivity contribution in [1.29, 1.82) is 0 Å². The third-order valence-corrected chi connectivity index (χ3v) is 7.00. The van der Waals surface area contributed by atoms with E-state index in [9.17, 15) is 4.79 Å². The Kier molecular flexibility index (Phi) is 3.22. The number of halogens is 1. The Morgan fingerprint density at radius 3 is 2.25 bits per heavy atom. The molecule has 4 saturated carbocycles. The predicted octanol–water partition coefficient (Wildman–Crippen LogP) is 4.07. The fraction of sp³-hybridized carbons (Fsp3) is 0.941. The molecule has 0 saturated heterocycles. The highest BCUT2D eigenvalue weighted by molar-refractivity contribution is 6.18. The van der Waals surface area contributed by atoms with Gasteiger partial charge in [0.1, 0.15) is 0 Å². The normalized spacial score (nSPS) is 42.9. The number of rotatable bonds is 3. The smallest absolute Gasteiger partial charge is 0.229 e. The van der Waals surface area contributed by atoms with Crippen molar-refractivity contribution in [2.24, 2.45) is 22.7 Å². The van der Waals surface area contributed by atoms with Crippen molar-refractivity contribution < 1.29 is 4.79 Å². The lowest BCUT2D eigenvalue weighted by Crippen LogP contribution is -2.60. The molecule has 0 aromatic carbocycles. The van der Waals surface area contributed by atoms with Crippen LogP contribution in [0, 0.1) is 22.7 Å². The van der Waals surface area contributed by atoms with Crippen molar-refractivity contribution in [1.82, 2.24) is 4.90 Å². The van der Waals surface area contributed by atoms with Crippen LogP contribution in [0.3, 0.4) is 0 Å².